The molecule has 2 aliphatic rings. The number of likely N-dealkylation sites (N-methyl/N-ethyl adjacent to an activating group) is 2. The van der Waals surface area contributed by atoms with Gasteiger partial charge in [-0.25, -0.2) is 13.8 Å². The van der Waals surface area contributed by atoms with E-state index in [1.165, 1.54) is 23.4 Å². The molecule has 1 aromatic carbocycles. The van der Waals surface area contributed by atoms with E-state index >= 15 is 0 Å². The van der Waals surface area contributed by atoms with Gasteiger partial charge in [0.05, 0.1) is 13.6 Å². The molecule has 0 aromatic heterocycles. The summed E-state index contributed by atoms with van der Waals surface area (Å²) >= 11 is 0. The van der Waals surface area contributed by atoms with Crippen molar-refractivity contribution in [2.24, 2.45) is 4.99 Å². The predicted octanol–water partition coefficient (Wildman–Crippen LogP) is 0.671. The summed E-state index contributed by atoms with van der Waals surface area (Å²) < 4.78 is 14.9. The van der Waals surface area contributed by atoms with E-state index in [2.05, 4.69) is 4.99 Å². The highest BCUT2D eigenvalue weighted by Crippen LogP contribution is 2.19. The van der Waals surface area contributed by atoms with Gasteiger partial charge in [0.1, 0.15) is 5.82 Å². The first-order valence-electron chi connectivity index (χ1n) is 6.45. The standard InChI is InChI=1S/C14H14FN4O2/c1-17-8-16-12-11(17)13(20)19(14(21)18(12)2)7-9-4-3-5-10(15)6-9/h3-6,8,11H,7H2,1-2H3/q+1. The van der Waals surface area contributed by atoms with Gasteiger partial charge in [0, 0.05) is 7.05 Å². The minimum atomic E-state index is -0.596. The summed E-state index contributed by atoms with van der Waals surface area (Å²) in [5.74, 6) is -0.327. The fourth-order valence-corrected chi connectivity index (χ4v) is 2.51. The van der Waals surface area contributed by atoms with Crippen LogP contribution in [0.15, 0.2) is 29.3 Å². The van der Waals surface area contributed by atoms with Crippen molar-refractivity contribution in [2.45, 2.75) is 12.6 Å². The van der Waals surface area contributed by atoms with Crippen LogP contribution in [0.2, 0.25) is 0 Å². The molecule has 1 saturated heterocycles. The SMILES string of the molecule is CN1C(=O)N(Cc2cccc(F)c2)C(=O)C2C1=NC=[N+]2C. The number of urea groups is 1. The summed E-state index contributed by atoms with van der Waals surface area (Å²) in [5, 5.41) is 0. The van der Waals surface area contributed by atoms with E-state index in [0.29, 0.717) is 11.4 Å². The normalized spacial score (nSPS) is 21.4. The Morgan fingerprint density at radius 2 is 2.14 bits per heavy atom. The first-order chi connectivity index (χ1) is 9.99. The second-order valence-corrected chi connectivity index (χ2v) is 5.07. The summed E-state index contributed by atoms with van der Waals surface area (Å²) in [6.45, 7) is 0.0391. The van der Waals surface area contributed by atoms with Crippen LogP contribution >= 0.6 is 0 Å². The third kappa shape index (κ3) is 2.10. The van der Waals surface area contributed by atoms with Crippen molar-refractivity contribution in [3.05, 3.63) is 35.6 Å². The first kappa shape index (κ1) is 13.4. The molecule has 108 valence electrons. The van der Waals surface area contributed by atoms with E-state index in [1.807, 2.05) is 0 Å². The highest BCUT2D eigenvalue weighted by molar-refractivity contribution is 6.21. The number of carbonyl (C=O) groups is 2. The number of aliphatic imine (C=N–C) groups is 1. The Kier molecular flexibility index (Phi) is 3.04. The maximum atomic E-state index is 13.2. The number of carbonyl (C=O) groups excluding carboxylic acids is 2. The summed E-state index contributed by atoms with van der Waals surface area (Å²) in [5.41, 5.74) is 0.565. The van der Waals surface area contributed by atoms with Gasteiger partial charge < -0.3 is 0 Å². The van der Waals surface area contributed by atoms with Crippen LogP contribution in [0, 0.1) is 5.82 Å². The van der Waals surface area contributed by atoms with Gasteiger partial charge in [-0.3, -0.25) is 14.6 Å². The third-order valence-electron chi connectivity index (χ3n) is 3.62. The highest BCUT2D eigenvalue weighted by Gasteiger charge is 2.50. The van der Waals surface area contributed by atoms with Gasteiger partial charge >= 0.3 is 6.03 Å². The van der Waals surface area contributed by atoms with E-state index in [9.17, 15) is 14.0 Å². The molecule has 21 heavy (non-hydrogen) atoms. The van der Waals surface area contributed by atoms with Crippen LogP contribution in [0.3, 0.4) is 0 Å². The molecule has 1 unspecified atom stereocenters. The molecule has 7 heteroatoms. The molecular formula is C14H14FN4O2+. The third-order valence-corrected chi connectivity index (χ3v) is 3.62. The van der Waals surface area contributed by atoms with Crippen LogP contribution in [-0.4, -0.2) is 58.6 Å². The maximum Gasteiger partial charge on any atom is 0.334 e. The van der Waals surface area contributed by atoms with Crippen LogP contribution in [0.4, 0.5) is 9.18 Å². The zero-order valence-electron chi connectivity index (χ0n) is 11.7. The van der Waals surface area contributed by atoms with Gasteiger partial charge in [0.2, 0.25) is 0 Å². The minimum Gasteiger partial charge on any atom is -0.269 e. The molecule has 0 saturated carbocycles. The maximum absolute atomic E-state index is 13.2. The zero-order chi connectivity index (χ0) is 15.1. The molecule has 1 atom stereocenters. The molecule has 3 rings (SSSR count). The van der Waals surface area contributed by atoms with E-state index in [4.69, 9.17) is 0 Å². The Hall–Kier alpha value is -2.57. The van der Waals surface area contributed by atoms with Gasteiger partial charge in [-0.05, 0) is 22.7 Å². The van der Waals surface area contributed by atoms with Crippen molar-refractivity contribution in [2.75, 3.05) is 14.1 Å². The minimum absolute atomic E-state index is 0.0391. The lowest BCUT2D eigenvalue weighted by Gasteiger charge is -2.32. The fourth-order valence-electron chi connectivity index (χ4n) is 2.51. The lowest BCUT2D eigenvalue weighted by molar-refractivity contribution is -0.501. The molecule has 6 nitrogen and oxygen atoms in total. The average molecular weight is 289 g/mol. The predicted molar refractivity (Wildman–Crippen MR) is 73.6 cm³/mol. The van der Waals surface area contributed by atoms with E-state index in [-0.39, 0.29) is 12.5 Å². The van der Waals surface area contributed by atoms with Crippen LogP contribution in [0.25, 0.3) is 0 Å². The Labute approximate surface area is 120 Å². The highest BCUT2D eigenvalue weighted by atomic mass is 19.1. The van der Waals surface area contributed by atoms with Crippen LogP contribution in [0.1, 0.15) is 5.56 Å². The van der Waals surface area contributed by atoms with Gasteiger partial charge in [-0.2, -0.15) is 0 Å². The van der Waals surface area contributed by atoms with E-state index < -0.39 is 17.9 Å². The molecule has 0 bridgehead atoms. The first-order valence-corrected chi connectivity index (χ1v) is 6.45. The number of fused-ring (bicyclic) bond motifs is 1. The number of amidine groups is 1. The van der Waals surface area contributed by atoms with Gasteiger partial charge in [0.25, 0.3) is 24.1 Å². The number of benzene rings is 1. The smallest absolute Gasteiger partial charge is 0.269 e. The molecule has 0 radical (unpaired) electrons. The lowest BCUT2D eigenvalue weighted by Crippen LogP contribution is -2.61. The summed E-state index contributed by atoms with van der Waals surface area (Å²) in [6.07, 6.45) is 1.52. The lowest BCUT2D eigenvalue weighted by atomic mass is 10.1. The number of hydrogen-bond donors (Lipinski definition) is 0. The molecule has 0 aliphatic carbocycles. The van der Waals surface area contributed by atoms with Crippen molar-refractivity contribution in [3.63, 3.8) is 0 Å². The second-order valence-electron chi connectivity index (χ2n) is 5.07. The quantitative estimate of drug-likeness (QED) is 0.751. The summed E-state index contributed by atoms with van der Waals surface area (Å²) in [6, 6.07) is 4.81. The summed E-state index contributed by atoms with van der Waals surface area (Å²) in [4.78, 5) is 31.4. The number of hydrogen-bond acceptors (Lipinski definition) is 3. The van der Waals surface area contributed by atoms with Crippen LogP contribution < -0.4 is 0 Å². The monoisotopic (exact) mass is 289 g/mol. The molecule has 0 N–H and O–H groups in total. The Bertz CT molecular complexity index is 698. The summed E-state index contributed by atoms with van der Waals surface area (Å²) in [7, 11) is 3.30. The second kappa shape index (κ2) is 4.76. The van der Waals surface area contributed by atoms with Crippen molar-refractivity contribution in [1.29, 1.82) is 0 Å². The number of imide groups is 1. The fraction of sp³-hybridized carbons (Fsp3) is 0.286. The van der Waals surface area contributed by atoms with Gasteiger partial charge in [-0.15, -0.1) is 0 Å². The molecule has 2 aliphatic heterocycles. The van der Waals surface area contributed by atoms with E-state index in [1.54, 1.807) is 30.8 Å². The van der Waals surface area contributed by atoms with Crippen molar-refractivity contribution < 1.29 is 18.6 Å². The Balaban J connectivity index is 1.91. The van der Waals surface area contributed by atoms with E-state index in [0.717, 1.165) is 4.90 Å². The van der Waals surface area contributed by atoms with Crippen LogP contribution in [-0.2, 0) is 11.3 Å². The number of amides is 3. The molecular weight excluding hydrogens is 275 g/mol. The van der Waals surface area contributed by atoms with Crippen molar-refractivity contribution >= 4 is 24.1 Å². The van der Waals surface area contributed by atoms with Gasteiger partial charge in [0.15, 0.2) is 0 Å². The molecule has 0 spiro atoms. The zero-order valence-corrected chi connectivity index (χ0v) is 11.7. The van der Waals surface area contributed by atoms with Crippen molar-refractivity contribution in [3.8, 4) is 0 Å². The largest absolute Gasteiger partial charge is 0.334 e. The van der Waals surface area contributed by atoms with Crippen LogP contribution in [0.5, 0.6) is 0 Å². The number of nitrogens with zero attached hydrogens (tertiary/aromatic N) is 4. The number of rotatable bonds is 2. The molecule has 1 aromatic rings. The topological polar surface area (TPSA) is 56.0 Å². The van der Waals surface area contributed by atoms with Crippen molar-refractivity contribution in [1.82, 2.24) is 9.80 Å². The Morgan fingerprint density at radius 1 is 1.38 bits per heavy atom. The molecule has 2 heterocycles. The number of halogens is 1. The average Bonchev–Trinajstić information content (AvgIpc) is 2.83. The van der Waals surface area contributed by atoms with Gasteiger partial charge in [-0.1, -0.05) is 12.1 Å². The Morgan fingerprint density at radius 3 is 2.86 bits per heavy atom. The molecule has 3 amide bonds. The molecule has 1 fully saturated rings.